The molecule has 28 heavy (non-hydrogen) atoms. The third-order valence-corrected chi connectivity index (χ3v) is 4.93. The molecule has 0 spiro atoms. The zero-order valence-corrected chi connectivity index (χ0v) is 17.9. The molecule has 0 N–H and O–H groups in total. The van der Waals surface area contributed by atoms with Crippen LogP contribution in [0.5, 0.6) is 0 Å². The fraction of sp³-hybridized carbons (Fsp3) is 0.417. The monoisotopic (exact) mass is 397 g/mol. The number of aryl methyl sites for hydroxylation is 5. The summed E-state index contributed by atoms with van der Waals surface area (Å²) >= 11 is 5.59. The van der Waals surface area contributed by atoms with Crippen LogP contribution < -0.4 is 0 Å². The van der Waals surface area contributed by atoms with E-state index in [0.717, 1.165) is 38.1 Å². The summed E-state index contributed by atoms with van der Waals surface area (Å²) in [4.78, 5) is 0. The summed E-state index contributed by atoms with van der Waals surface area (Å²) in [7, 11) is 0. The Kier molecular flexibility index (Phi) is 10.4. The number of benzene rings is 2. The van der Waals surface area contributed by atoms with E-state index in [9.17, 15) is 0 Å². The molecule has 2 aromatic carbocycles. The minimum Gasteiger partial charge on any atom is -0.253 e. The van der Waals surface area contributed by atoms with Crippen molar-refractivity contribution in [2.45, 2.75) is 58.9 Å². The van der Waals surface area contributed by atoms with Crippen molar-refractivity contribution in [3.63, 3.8) is 0 Å². The number of nitrogens with zero attached hydrogens (tertiary/aromatic N) is 3. The lowest BCUT2D eigenvalue weighted by atomic mass is 10.1. The van der Waals surface area contributed by atoms with E-state index in [1.54, 1.807) is 6.20 Å². The molecule has 0 aliphatic heterocycles. The van der Waals surface area contributed by atoms with E-state index in [4.69, 9.17) is 11.6 Å². The molecule has 0 saturated carbocycles. The molecule has 0 amide bonds. The third kappa shape index (κ3) is 9.18. The van der Waals surface area contributed by atoms with Crippen LogP contribution in [0.3, 0.4) is 0 Å². The predicted molar refractivity (Wildman–Crippen MR) is 119 cm³/mol. The Hall–Kier alpha value is -2.13. The van der Waals surface area contributed by atoms with Gasteiger partial charge in [-0.3, -0.25) is 4.68 Å². The van der Waals surface area contributed by atoms with Crippen molar-refractivity contribution in [3.8, 4) is 0 Å². The first-order chi connectivity index (χ1) is 13.7. The lowest BCUT2D eigenvalue weighted by molar-refractivity contribution is 0.541. The summed E-state index contributed by atoms with van der Waals surface area (Å²) in [5, 5.41) is 7.72. The van der Waals surface area contributed by atoms with Crippen molar-refractivity contribution in [1.82, 2.24) is 15.0 Å². The van der Waals surface area contributed by atoms with Crippen LogP contribution in [0, 0.1) is 13.8 Å². The molecule has 0 unspecified atom stereocenters. The summed E-state index contributed by atoms with van der Waals surface area (Å²) < 4.78 is 1.88. The SMILES string of the molecule is Cc1ccc(CCCCCl)cc1.Cc1ccc(CCCCn2ccnn2)cc1. The lowest BCUT2D eigenvalue weighted by Crippen LogP contribution is -1.99. The summed E-state index contributed by atoms with van der Waals surface area (Å²) in [6.07, 6.45) is 10.6. The Bertz CT molecular complexity index is 750. The van der Waals surface area contributed by atoms with Crippen LogP contribution in [0.2, 0.25) is 0 Å². The lowest BCUT2D eigenvalue weighted by Gasteiger charge is -2.02. The standard InChI is InChI=1S/C13H17N3.C11H15Cl/c1-12-5-7-13(8-6-12)4-2-3-10-16-11-9-14-15-16;1-10-5-7-11(8-6-10)4-2-3-9-12/h5-9,11H,2-4,10H2,1H3;5-8H,2-4,9H2,1H3. The van der Waals surface area contributed by atoms with Gasteiger partial charge in [0.25, 0.3) is 0 Å². The van der Waals surface area contributed by atoms with E-state index in [-0.39, 0.29) is 0 Å². The molecule has 0 atom stereocenters. The molecule has 0 aliphatic rings. The summed E-state index contributed by atoms with van der Waals surface area (Å²) in [6.45, 7) is 5.20. The highest BCUT2D eigenvalue weighted by Gasteiger charge is 1.95. The Labute approximate surface area is 174 Å². The van der Waals surface area contributed by atoms with Gasteiger partial charge in [-0.2, -0.15) is 0 Å². The first-order valence-corrected chi connectivity index (χ1v) is 10.7. The Balaban J connectivity index is 0.000000209. The van der Waals surface area contributed by atoms with Gasteiger partial charge in [0.1, 0.15) is 0 Å². The first-order valence-electron chi connectivity index (χ1n) is 10.2. The van der Waals surface area contributed by atoms with Gasteiger partial charge in [0.15, 0.2) is 0 Å². The van der Waals surface area contributed by atoms with Gasteiger partial charge in [-0.25, -0.2) is 0 Å². The number of hydrogen-bond donors (Lipinski definition) is 0. The summed E-state index contributed by atoms with van der Waals surface area (Å²) in [6, 6.07) is 17.5. The van der Waals surface area contributed by atoms with Crippen LogP contribution in [-0.4, -0.2) is 20.9 Å². The number of hydrogen-bond acceptors (Lipinski definition) is 2. The van der Waals surface area contributed by atoms with E-state index in [2.05, 4.69) is 72.7 Å². The Morgan fingerprint density at radius 1 is 0.750 bits per heavy atom. The minimum atomic E-state index is 0.784. The quantitative estimate of drug-likeness (QED) is 0.319. The molecule has 150 valence electrons. The van der Waals surface area contributed by atoms with E-state index in [0.29, 0.717) is 0 Å². The van der Waals surface area contributed by atoms with E-state index in [1.807, 2.05) is 10.9 Å². The molecule has 1 aromatic heterocycles. The molecule has 4 heteroatoms. The maximum Gasteiger partial charge on any atom is 0.0692 e. The highest BCUT2D eigenvalue weighted by molar-refractivity contribution is 6.17. The Morgan fingerprint density at radius 2 is 1.29 bits per heavy atom. The zero-order chi connectivity index (χ0) is 20.0. The van der Waals surface area contributed by atoms with Crippen molar-refractivity contribution < 1.29 is 0 Å². The second-order valence-corrected chi connectivity index (χ2v) is 7.62. The second kappa shape index (κ2) is 13.1. The summed E-state index contributed by atoms with van der Waals surface area (Å²) in [5.74, 6) is 0.784. The highest BCUT2D eigenvalue weighted by Crippen LogP contribution is 2.08. The van der Waals surface area contributed by atoms with Gasteiger partial charge in [0.2, 0.25) is 0 Å². The Morgan fingerprint density at radius 3 is 1.75 bits per heavy atom. The van der Waals surface area contributed by atoms with Gasteiger partial charge in [-0.1, -0.05) is 64.9 Å². The zero-order valence-electron chi connectivity index (χ0n) is 17.1. The van der Waals surface area contributed by atoms with Gasteiger partial charge in [0.05, 0.1) is 6.20 Å². The molecule has 3 rings (SSSR count). The molecule has 0 saturated heterocycles. The van der Waals surface area contributed by atoms with Crippen LogP contribution in [0.1, 0.15) is 47.9 Å². The topological polar surface area (TPSA) is 30.7 Å². The average Bonchev–Trinajstić information content (AvgIpc) is 3.22. The van der Waals surface area contributed by atoms with Gasteiger partial charge in [-0.05, 0) is 63.5 Å². The highest BCUT2D eigenvalue weighted by atomic mass is 35.5. The molecule has 0 radical (unpaired) electrons. The normalized spacial score (nSPS) is 10.4. The van der Waals surface area contributed by atoms with Crippen molar-refractivity contribution in [2.75, 3.05) is 5.88 Å². The van der Waals surface area contributed by atoms with Crippen molar-refractivity contribution in [2.24, 2.45) is 0 Å². The number of rotatable bonds is 9. The molecule has 0 bridgehead atoms. The second-order valence-electron chi connectivity index (χ2n) is 7.24. The number of unbranched alkanes of at least 4 members (excludes halogenated alkanes) is 2. The van der Waals surface area contributed by atoms with Crippen molar-refractivity contribution in [1.29, 1.82) is 0 Å². The molecule has 0 fully saturated rings. The molecular formula is C24H32ClN3. The molecule has 0 aliphatic carbocycles. The van der Waals surface area contributed by atoms with E-state index >= 15 is 0 Å². The molecule has 3 nitrogen and oxygen atoms in total. The molecule has 3 aromatic rings. The van der Waals surface area contributed by atoms with Crippen LogP contribution in [0.4, 0.5) is 0 Å². The average molecular weight is 398 g/mol. The number of halogens is 1. The van der Waals surface area contributed by atoms with Gasteiger partial charge in [0, 0.05) is 18.6 Å². The fourth-order valence-electron chi connectivity index (χ4n) is 2.89. The molecule has 1 heterocycles. The minimum absolute atomic E-state index is 0.784. The van der Waals surface area contributed by atoms with E-state index in [1.165, 1.54) is 35.1 Å². The van der Waals surface area contributed by atoms with Crippen LogP contribution in [0.25, 0.3) is 0 Å². The van der Waals surface area contributed by atoms with E-state index < -0.39 is 0 Å². The maximum absolute atomic E-state index is 5.59. The largest absolute Gasteiger partial charge is 0.253 e. The van der Waals surface area contributed by atoms with Gasteiger partial charge < -0.3 is 0 Å². The van der Waals surface area contributed by atoms with Crippen LogP contribution in [-0.2, 0) is 19.4 Å². The smallest absolute Gasteiger partial charge is 0.0692 e. The predicted octanol–water partition coefficient (Wildman–Crippen LogP) is 6.17. The third-order valence-electron chi connectivity index (χ3n) is 4.66. The molecular weight excluding hydrogens is 366 g/mol. The van der Waals surface area contributed by atoms with Crippen molar-refractivity contribution in [3.05, 3.63) is 83.2 Å². The van der Waals surface area contributed by atoms with Crippen LogP contribution >= 0.6 is 11.6 Å². The maximum atomic E-state index is 5.59. The van der Waals surface area contributed by atoms with Gasteiger partial charge in [-0.15, -0.1) is 16.7 Å². The number of aromatic nitrogens is 3. The summed E-state index contributed by atoms with van der Waals surface area (Å²) in [5.41, 5.74) is 5.50. The fourth-order valence-corrected chi connectivity index (χ4v) is 3.08. The van der Waals surface area contributed by atoms with Crippen LogP contribution in [0.15, 0.2) is 60.9 Å². The van der Waals surface area contributed by atoms with Gasteiger partial charge >= 0.3 is 0 Å². The van der Waals surface area contributed by atoms with Crippen molar-refractivity contribution >= 4 is 11.6 Å². The first kappa shape index (κ1) is 22.2. The number of alkyl halides is 1.